The van der Waals surface area contributed by atoms with E-state index in [0.29, 0.717) is 6.42 Å². The number of amides is 1. The van der Waals surface area contributed by atoms with Crippen molar-refractivity contribution in [1.82, 2.24) is 4.90 Å². The predicted molar refractivity (Wildman–Crippen MR) is 83.6 cm³/mol. The molecule has 1 aromatic rings. The molecule has 0 bridgehead atoms. The van der Waals surface area contributed by atoms with E-state index >= 15 is 0 Å². The molecule has 6 nitrogen and oxygen atoms in total. The maximum absolute atomic E-state index is 14.1. The summed E-state index contributed by atoms with van der Waals surface area (Å²) in [5, 5.41) is 21.1. The highest BCUT2D eigenvalue weighted by Gasteiger charge is 2.57. The monoisotopic (exact) mass is 339 g/mol. The number of rotatable bonds is 1. The lowest BCUT2D eigenvalue weighted by Crippen LogP contribution is -2.51. The van der Waals surface area contributed by atoms with Crippen LogP contribution in [0.25, 0.3) is 0 Å². The number of halogens is 1. The summed E-state index contributed by atoms with van der Waals surface area (Å²) >= 11 is 0. The lowest BCUT2D eigenvalue weighted by Gasteiger charge is -2.43. The van der Waals surface area contributed by atoms with E-state index in [4.69, 9.17) is 9.47 Å². The van der Waals surface area contributed by atoms with Crippen LogP contribution < -0.4 is 9.47 Å². The molecule has 24 heavy (non-hydrogen) atoms. The molecule has 1 saturated heterocycles. The second-order valence-electron chi connectivity index (χ2n) is 7.35. The first-order valence-corrected chi connectivity index (χ1v) is 7.98. The van der Waals surface area contributed by atoms with Gasteiger partial charge in [-0.2, -0.15) is 0 Å². The molecule has 1 fully saturated rings. The second kappa shape index (κ2) is 5.51. The molecule has 132 valence electrons. The van der Waals surface area contributed by atoms with E-state index in [2.05, 4.69) is 0 Å². The SMILES string of the molecule is CC(C)(C)C1CCN(C(=O)O)C1(O)c1cc(F)cc2c1OCCO2. The van der Waals surface area contributed by atoms with Crippen LogP contribution in [0.15, 0.2) is 12.1 Å². The van der Waals surface area contributed by atoms with Gasteiger partial charge in [-0.1, -0.05) is 20.8 Å². The number of hydrogen-bond donors (Lipinski definition) is 2. The number of benzene rings is 1. The molecule has 2 atom stereocenters. The van der Waals surface area contributed by atoms with E-state index in [1.54, 1.807) is 0 Å². The van der Waals surface area contributed by atoms with E-state index in [-0.39, 0.29) is 36.8 Å². The lowest BCUT2D eigenvalue weighted by atomic mass is 9.72. The first-order valence-electron chi connectivity index (χ1n) is 7.98. The maximum Gasteiger partial charge on any atom is 0.409 e. The number of aliphatic hydroxyl groups is 1. The highest BCUT2D eigenvalue weighted by molar-refractivity contribution is 5.68. The molecule has 3 rings (SSSR count). The van der Waals surface area contributed by atoms with Gasteiger partial charge in [-0.15, -0.1) is 0 Å². The van der Waals surface area contributed by atoms with Crippen molar-refractivity contribution in [2.75, 3.05) is 19.8 Å². The summed E-state index contributed by atoms with van der Waals surface area (Å²) in [4.78, 5) is 12.7. The van der Waals surface area contributed by atoms with Crippen LogP contribution in [0.2, 0.25) is 0 Å². The van der Waals surface area contributed by atoms with Crippen LogP contribution in [-0.4, -0.2) is 41.0 Å². The number of ether oxygens (including phenoxy) is 2. The Morgan fingerprint density at radius 1 is 1.33 bits per heavy atom. The highest BCUT2D eigenvalue weighted by Crippen LogP contribution is 2.53. The summed E-state index contributed by atoms with van der Waals surface area (Å²) < 4.78 is 25.1. The fraction of sp³-hybridized carbons (Fsp3) is 0.588. The van der Waals surface area contributed by atoms with Gasteiger partial charge in [0.15, 0.2) is 17.2 Å². The Morgan fingerprint density at radius 2 is 2.00 bits per heavy atom. The highest BCUT2D eigenvalue weighted by atomic mass is 19.1. The molecule has 0 aromatic heterocycles. The van der Waals surface area contributed by atoms with E-state index in [1.165, 1.54) is 6.07 Å². The quantitative estimate of drug-likeness (QED) is 0.822. The Bertz CT molecular complexity index is 672. The summed E-state index contributed by atoms with van der Waals surface area (Å²) in [6.07, 6.45) is -0.780. The van der Waals surface area contributed by atoms with E-state index < -0.39 is 29.0 Å². The van der Waals surface area contributed by atoms with Gasteiger partial charge in [0.05, 0.1) is 5.56 Å². The van der Waals surface area contributed by atoms with Crippen molar-refractivity contribution in [1.29, 1.82) is 0 Å². The van der Waals surface area contributed by atoms with Crippen molar-refractivity contribution >= 4 is 6.09 Å². The summed E-state index contributed by atoms with van der Waals surface area (Å²) in [6, 6.07) is 2.33. The smallest absolute Gasteiger partial charge is 0.409 e. The Labute approximate surface area is 139 Å². The molecule has 0 aliphatic carbocycles. The normalized spacial score (nSPS) is 26.5. The number of fused-ring (bicyclic) bond motifs is 1. The van der Waals surface area contributed by atoms with Crippen LogP contribution in [0.5, 0.6) is 11.5 Å². The van der Waals surface area contributed by atoms with Crippen molar-refractivity contribution < 1.29 is 28.9 Å². The maximum atomic E-state index is 14.1. The van der Waals surface area contributed by atoms with Gasteiger partial charge in [-0.25, -0.2) is 9.18 Å². The molecule has 7 heteroatoms. The molecule has 2 heterocycles. The van der Waals surface area contributed by atoms with Crippen LogP contribution >= 0.6 is 0 Å². The van der Waals surface area contributed by atoms with Crippen molar-refractivity contribution in [3.63, 3.8) is 0 Å². The van der Waals surface area contributed by atoms with Crippen LogP contribution in [0.3, 0.4) is 0 Å². The molecule has 1 amide bonds. The van der Waals surface area contributed by atoms with Crippen molar-refractivity contribution in [3.05, 3.63) is 23.5 Å². The number of nitrogens with zero attached hydrogens (tertiary/aromatic N) is 1. The fourth-order valence-corrected chi connectivity index (χ4v) is 3.82. The average Bonchev–Trinajstić information content (AvgIpc) is 2.85. The van der Waals surface area contributed by atoms with Crippen molar-refractivity contribution in [2.24, 2.45) is 11.3 Å². The molecule has 0 spiro atoms. The fourth-order valence-electron chi connectivity index (χ4n) is 3.82. The topological polar surface area (TPSA) is 79.2 Å². The molecular weight excluding hydrogens is 317 g/mol. The number of hydrogen-bond acceptors (Lipinski definition) is 4. The lowest BCUT2D eigenvalue weighted by molar-refractivity contribution is -0.131. The number of carbonyl (C=O) groups is 1. The average molecular weight is 339 g/mol. The third-order valence-electron chi connectivity index (χ3n) is 4.82. The van der Waals surface area contributed by atoms with Gasteiger partial charge >= 0.3 is 6.09 Å². The van der Waals surface area contributed by atoms with Crippen molar-refractivity contribution in [3.8, 4) is 11.5 Å². The largest absolute Gasteiger partial charge is 0.486 e. The third-order valence-corrected chi connectivity index (χ3v) is 4.82. The van der Waals surface area contributed by atoms with Crippen LogP contribution in [-0.2, 0) is 5.72 Å². The van der Waals surface area contributed by atoms with Crippen LogP contribution in [0, 0.1) is 17.2 Å². The van der Waals surface area contributed by atoms with Gasteiger partial charge in [-0.05, 0) is 17.9 Å². The molecule has 2 N–H and O–H groups in total. The minimum Gasteiger partial charge on any atom is -0.486 e. The Balaban J connectivity index is 2.22. The Morgan fingerprint density at radius 3 is 2.62 bits per heavy atom. The standard InChI is InChI=1S/C17H22FNO5/c1-16(2,3)13-4-5-19(15(20)21)17(13,22)11-8-10(18)9-12-14(11)24-7-6-23-12/h8-9,13,22H,4-7H2,1-3H3,(H,20,21). The molecule has 0 saturated carbocycles. The molecule has 2 aliphatic rings. The zero-order chi connectivity index (χ0) is 17.7. The molecular formula is C17H22FNO5. The molecule has 2 unspecified atom stereocenters. The zero-order valence-corrected chi connectivity index (χ0v) is 14.0. The summed E-state index contributed by atoms with van der Waals surface area (Å²) in [5.41, 5.74) is -2.16. The van der Waals surface area contributed by atoms with Gasteiger partial charge < -0.3 is 19.7 Å². The third kappa shape index (κ3) is 2.47. The molecule has 1 aromatic carbocycles. The first-order chi connectivity index (χ1) is 11.2. The van der Waals surface area contributed by atoms with Gasteiger partial charge in [0, 0.05) is 18.5 Å². The number of likely N-dealkylation sites (tertiary alicyclic amines) is 1. The molecule has 2 aliphatic heterocycles. The van der Waals surface area contributed by atoms with Crippen molar-refractivity contribution in [2.45, 2.75) is 32.9 Å². The predicted octanol–water partition coefficient (Wildman–Crippen LogP) is 2.79. The van der Waals surface area contributed by atoms with E-state index in [9.17, 15) is 19.4 Å². The summed E-state index contributed by atoms with van der Waals surface area (Å²) in [7, 11) is 0. The van der Waals surface area contributed by atoms with Gasteiger partial charge in [0.1, 0.15) is 19.0 Å². The van der Waals surface area contributed by atoms with Gasteiger partial charge in [0.25, 0.3) is 0 Å². The second-order valence-corrected chi connectivity index (χ2v) is 7.35. The van der Waals surface area contributed by atoms with E-state index in [1.807, 2.05) is 20.8 Å². The Kier molecular flexibility index (Phi) is 3.86. The van der Waals surface area contributed by atoms with Crippen LogP contribution in [0.4, 0.5) is 9.18 Å². The Hall–Kier alpha value is -2.02. The minimum atomic E-state index is -1.88. The summed E-state index contributed by atoms with van der Waals surface area (Å²) in [6.45, 7) is 6.49. The minimum absolute atomic E-state index is 0.108. The molecule has 0 radical (unpaired) electrons. The first kappa shape index (κ1) is 16.8. The number of carboxylic acid groups (broad SMARTS) is 1. The van der Waals surface area contributed by atoms with Gasteiger partial charge in [0.2, 0.25) is 0 Å². The van der Waals surface area contributed by atoms with Crippen LogP contribution in [0.1, 0.15) is 32.8 Å². The zero-order valence-electron chi connectivity index (χ0n) is 14.0. The van der Waals surface area contributed by atoms with E-state index in [0.717, 1.165) is 11.0 Å². The van der Waals surface area contributed by atoms with Gasteiger partial charge in [-0.3, -0.25) is 4.90 Å². The summed E-state index contributed by atoms with van der Waals surface area (Å²) in [5.74, 6) is -0.618.